The van der Waals surface area contributed by atoms with E-state index in [9.17, 15) is 13.2 Å². The maximum absolute atomic E-state index is 12.0. The quantitative estimate of drug-likeness (QED) is 0.864. The fourth-order valence-electron chi connectivity index (χ4n) is 2.69. The van der Waals surface area contributed by atoms with Gasteiger partial charge in [-0.3, -0.25) is 0 Å². The van der Waals surface area contributed by atoms with E-state index in [2.05, 4.69) is 23.5 Å². The maximum atomic E-state index is 12.0. The molecule has 0 radical (unpaired) electrons. The fourth-order valence-corrected chi connectivity index (χ4v) is 2.69. The van der Waals surface area contributed by atoms with Crippen LogP contribution in [0.25, 0.3) is 0 Å². The third-order valence-corrected chi connectivity index (χ3v) is 3.57. The standard InChI is InChI=1S/C15H20F3N/c1-11(9-19-10-15(16,17)18)7-12-5-6-13-3-2-4-14(13)8-12/h5-6,8,11,19H,2-4,7,9-10H2,1H3. The molecule has 1 atom stereocenters. The van der Waals surface area contributed by atoms with Gasteiger partial charge in [0.1, 0.15) is 0 Å². The van der Waals surface area contributed by atoms with Gasteiger partial charge in [0, 0.05) is 0 Å². The molecule has 1 aliphatic carbocycles. The molecule has 0 saturated carbocycles. The Morgan fingerprint density at radius 3 is 2.68 bits per heavy atom. The molecule has 0 spiro atoms. The number of halogens is 3. The Kier molecular flexibility index (Phi) is 4.50. The van der Waals surface area contributed by atoms with Crippen LogP contribution < -0.4 is 5.32 Å². The highest BCUT2D eigenvalue weighted by molar-refractivity contribution is 5.35. The Hall–Kier alpha value is -1.03. The van der Waals surface area contributed by atoms with Crippen molar-refractivity contribution in [2.75, 3.05) is 13.1 Å². The Morgan fingerprint density at radius 1 is 1.21 bits per heavy atom. The lowest BCUT2D eigenvalue weighted by atomic mass is 9.98. The summed E-state index contributed by atoms with van der Waals surface area (Å²) < 4.78 is 36.1. The minimum atomic E-state index is -4.12. The molecule has 106 valence electrons. The summed E-state index contributed by atoms with van der Waals surface area (Å²) in [5.41, 5.74) is 4.10. The number of alkyl halides is 3. The molecule has 2 rings (SSSR count). The number of hydrogen-bond donors (Lipinski definition) is 1. The lowest BCUT2D eigenvalue weighted by Gasteiger charge is -2.14. The van der Waals surface area contributed by atoms with E-state index < -0.39 is 12.7 Å². The Labute approximate surface area is 112 Å². The monoisotopic (exact) mass is 271 g/mol. The lowest BCUT2D eigenvalue weighted by molar-refractivity contribution is -0.125. The SMILES string of the molecule is CC(CNCC(F)(F)F)Cc1ccc2c(c1)CCC2. The van der Waals surface area contributed by atoms with Gasteiger partial charge in [-0.25, -0.2) is 0 Å². The highest BCUT2D eigenvalue weighted by Crippen LogP contribution is 2.23. The Bertz CT molecular complexity index is 426. The summed E-state index contributed by atoms with van der Waals surface area (Å²) in [7, 11) is 0. The number of rotatable bonds is 5. The van der Waals surface area contributed by atoms with Crippen LogP contribution in [0.1, 0.15) is 30.0 Å². The van der Waals surface area contributed by atoms with Gasteiger partial charge in [0.15, 0.2) is 0 Å². The van der Waals surface area contributed by atoms with Crippen molar-refractivity contribution in [3.8, 4) is 0 Å². The van der Waals surface area contributed by atoms with Crippen molar-refractivity contribution in [2.45, 2.75) is 38.8 Å². The number of nitrogens with one attached hydrogen (secondary N) is 1. The third kappa shape index (κ3) is 4.53. The second-order valence-corrected chi connectivity index (χ2v) is 5.51. The molecular weight excluding hydrogens is 251 g/mol. The molecule has 1 aromatic carbocycles. The molecule has 1 N–H and O–H groups in total. The van der Waals surface area contributed by atoms with Crippen molar-refractivity contribution in [2.24, 2.45) is 5.92 Å². The van der Waals surface area contributed by atoms with Crippen molar-refractivity contribution in [1.29, 1.82) is 0 Å². The number of hydrogen-bond acceptors (Lipinski definition) is 1. The van der Waals surface area contributed by atoms with Gasteiger partial charge in [-0.15, -0.1) is 0 Å². The van der Waals surface area contributed by atoms with E-state index in [1.54, 1.807) is 0 Å². The fraction of sp³-hybridized carbons (Fsp3) is 0.600. The van der Waals surface area contributed by atoms with E-state index in [-0.39, 0.29) is 5.92 Å². The third-order valence-electron chi connectivity index (χ3n) is 3.57. The average Bonchev–Trinajstić information content (AvgIpc) is 2.74. The van der Waals surface area contributed by atoms with Gasteiger partial charge in [0.25, 0.3) is 0 Å². The van der Waals surface area contributed by atoms with Crippen LogP contribution in [0, 0.1) is 5.92 Å². The molecule has 0 heterocycles. The molecule has 0 bridgehead atoms. The summed E-state index contributed by atoms with van der Waals surface area (Å²) >= 11 is 0. The highest BCUT2D eigenvalue weighted by Gasteiger charge is 2.26. The molecule has 0 fully saturated rings. The Morgan fingerprint density at radius 2 is 1.95 bits per heavy atom. The van der Waals surface area contributed by atoms with Gasteiger partial charge >= 0.3 is 6.18 Å². The zero-order valence-corrected chi connectivity index (χ0v) is 11.2. The largest absolute Gasteiger partial charge is 0.401 e. The molecule has 1 nitrogen and oxygen atoms in total. The number of aryl methyl sites for hydroxylation is 2. The van der Waals surface area contributed by atoms with Gasteiger partial charge in [0.05, 0.1) is 6.54 Å². The van der Waals surface area contributed by atoms with E-state index in [1.807, 2.05) is 6.92 Å². The van der Waals surface area contributed by atoms with Crippen LogP contribution in [0.2, 0.25) is 0 Å². The first-order chi connectivity index (χ1) is 8.94. The predicted molar refractivity (Wildman–Crippen MR) is 70.3 cm³/mol. The minimum absolute atomic E-state index is 0.210. The van der Waals surface area contributed by atoms with Crippen LogP contribution in [0.5, 0.6) is 0 Å². The first-order valence-corrected chi connectivity index (χ1v) is 6.82. The molecule has 1 unspecified atom stereocenters. The topological polar surface area (TPSA) is 12.0 Å². The van der Waals surface area contributed by atoms with Gasteiger partial charge < -0.3 is 5.32 Å². The van der Waals surface area contributed by atoms with Crippen molar-refractivity contribution in [3.63, 3.8) is 0 Å². The lowest BCUT2D eigenvalue weighted by Crippen LogP contribution is -2.32. The van der Waals surface area contributed by atoms with Gasteiger partial charge in [-0.1, -0.05) is 25.1 Å². The minimum Gasteiger partial charge on any atom is -0.308 e. The molecule has 0 saturated heterocycles. The summed E-state index contributed by atoms with van der Waals surface area (Å²) in [6, 6.07) is 6.51. The summed E-state index contributed by atoms with van der Waals surface area (Å²) in [6.45, 7) is 1.48. The molecule has 0 amide bonds. The first-order valence-electron chi connectivity index (χ1n) is 6.82. The van der Waals surface area contributed by atoms with E-state index in [0.29, 0.717) is 6.54 Å². The molecule has 0 aromatic heterocycles. The van der Waals surface area contributed by atoms with Gasteiger partial charge in [0.2, 0.25) is 0 Å². The van der Waals surface area contributed by atoms with E-state index in [1.165, 1.54) is 23.1 Å². The van der Waals surface area contributed by atoms with Crippen molar-refractivity contribution < 1.29 is 13.2 Å². The van der Waals surface area contributed by atoms with Crippen LogP contribution in [-0.2, 0) is 19.3 Å². The van der Waals surface area contributed by atoms with Crippen LogP contribution in [0.4, 0.5) is 13.2 Å². The number of benzene rings is 1. The highest BCUT2D eigenvalue weighted by atomic mass is 19.4. The maximum Gasteiger partial charge on any atom is 0.401 e. The van der Waals surface area contributed by atoms with Crippen LogP contribution >= 0.6 is 0 Å². The second kappa shape index (κ2) is 5.95. The summed E-state index contributed by atoms with van der Waals surface area (Å²) in [5, 5.41) is 2.47. The summed E-state index contributed by atoms with van der Waals surface area (Å²) in [4.78, 5) is 0. The molecule has 19 heavy (non-hydrogen) atoms. The zero-order chi connectivity index (χ0) is 13.9. The van der Waals surface area contributed by atoms with Crippen LogP contribution in [-0.4, -0.2) is 19.3 Å². The second-order valence-electron chi connectivity index (χ2n) is 5.51. The molecule has 0 aliphatic heterocycles. The van der Waals surface area contributed by atoms with Crippen molar-refractivity contribution >= 4 is 0 Å². The summed E-state index contributed by atoms with van der Waals surface area (Å²) in [6.07, 6.45) is 0.245. The van der Waals surface area contributed by atoms with Crippen molar-refractivity contribution in [3.05, 3.63) is 34.9 Å². The molecule has 1 aromatic rings. The van der Waals surface area contributed by atoms with Gasteiger partial charge in [-0.2, -0.15) is 13.2 Å². The van der Waals surface area contributed by atoms with Crippen LogP contribution in [0.3, 0.4) is 0 Å². The van der Waals surface area contributed by atoms with E-state index in [4.69, 9.17) is 0 Å². The molecule has 1 aliphatic rings. The zero-order valence-electron chi connectivity index (χ0n) is 11.2. The smallest absolute Gasteiger partial charge is 0.308 e. The summed E-state index contributed by atoms with van der Waals surface area (Å²) in [5.74, 6) is 0.210. The van der Waals surface area contributed by atoms with Crippen LogP contribution in [0.15, 0.2) is 18.2 Å². The van der Waals surface area contributed by atoms with Crippen molar-refractivity contribution in [1.82, 2.24) is 5.32 Å². The first kappa shape index (κ1) is 14.4. The number of fused-ring (bicyclic) bond motifs is 1. The molecule has 4 heteroatoms. The normalized spacial score (nSPS) is 16.4. The average molecular weight is 271 g/mol. The van der Waals surface area contributed by atoms with E-state index in [0.717, 1.165) is 19.3 Å². The predicted octanol–water partition coefficient (Wildman–Crippen LogP) is 3.51. The Balaban J connectivity index is 1.80. The van der Waals surface area contributed by atoms with E-state index >= 15 is 0 Å². The van der Waals surface area contributed by atoms with Gasteiger partial charge in [-0.05, 0) is 54.8 Å². The molecular formula is C15H20F3N.